The summed E-state index contributed by atoms with van der Waals surface area (Å²) >= 11 is 0. The summed E-state index contributed by atoms with van der Waals surface area (Å²) in [5.74, 6) is -0.838. The quantitative estimate of drug-likeness (QED) is 0.809. The first-order valence-corrected chi connectivity index (χ1v) is 5.60. The van der Waals surface area contributed by atoms with Crippen LogP contribution in [0.1, 0.15) is 29.6 Å². The van der Waals surface area contributed by atoms with Crippen molar-refractivity contribution >= 4 is 5.91 Å². The lowest BCUT2D eigenvalue weighted by atomic mass is 9.80. The molecular formula is C12H15FN2O2. The molecule has 1 aliphatic rings. The first-order valence-electron chi connectivity index (χ1n) is 5.60. The Balaban J connectivity index is 1.91. The molecule has 1 saturated carbocycles. The van der Waals surface area contributed by atoms with E-state index in [1.165, 1.54) is 18.3 Å². The molecule has 1 heterocycles. The fourth-order valence-electron chi connectivity index (χ4n) is 1.88. The molecular weight excluding hydrogens is 223 g/mol. The highest BCUT2D eigenvalue weighted by Crippen LogP contribution is 2.34. The van der Waals surface area contributed by atoms with Gasteiger partial charge in [-0.25, -0.2) is 4.98 Å². The normalized spacial score (nSPS) is 17.3. The number of halogens is 1. The molecule has 4 nitrogen and oxygen atoms in total. The molecule has 5 heteroatoms. The summed E-state index contributed by atoms with van der Waals surface area (Å²) in [6, 6.07) is 2.59. The average Bonchev–Trinajstić information content (AvgIpc) is 2.29. The van der Waals surface area contributed by atoms with Crippen LogP contribution in [0, 0.1) is 5.95 Å². The Kier molecular flexibility index (Phi) is 3.38. The Morgan fingerprint density at radius 1 is 1.59 bits per heavy atom. The van der Waals surface area contributed by atoms with Crippen LogP contribution in [-0.2, 0) is 4.74 Å². The van der Waals surface area contributed by atoms with E-state index in [9.17, 15) is 9.18 Å². The minimum atomic E-state index is -0.589. The predicted molar refractivity (Wildman–Crippen MR) is 60.1 cm³/mol. The molecule has 0 unspecified atom stereocenters. The van der Waals surface area contributed by atoms with E-state index in [0.29, 0.717) is 12.1 Å². The van der Waals surface area contributed by atoms with Crippen LogP contribution in [0.4, 0.5) is 4.39 Å². The molecule has 1 amide bonds. The van der Waals surface area contributed by atoms with Gasteiger partial charge in [-0.2, -0.15) is 4.39 Å². The third-order valence-corrected chi connectivity index (χ3v) is 3.26. The van der Waals surface area contributed by atoms with Crippen molar-refractivity contribution in [2.75, 3.05) is 13.7 Å². The molecule has 0 saturated heterocycles. The number of aromatic nitrogens is 1. The Labute approximate surface area is 99.2 Å². The summed E-state index contributed by atoms with van der Waals surface area (Å²) < 4.78 is 18.0. The number of nitrogens with zero attached hydrogens (tertiary/aromatic N) is 1. The monoisotopic (exact) mass is 238 g/mol. The van der Waals surface area contributed by atoms with Gasteiger partial charge in [-0.15, -0.1) is 0 Å². The molecule has 1 fully saturated rings. The number of hydrogen-bond donors (Lipinski definition) is 1. The van der Waals surface area contributed by atoms with E-state index in [1.807, 2.05) is 0 Å². The van der Waals surface area contributed by atoms with Crippen molar-refractivity contribution in [1.82, 2.24) is 10.3 Å². The Morgan fingerprint density at radius 3 is 2.82 bits per heavy atom. The van der Waals surface area contributed by atoms with Crippen molar-refractivity contribution in [2.45, 2.75) is 24.9 Å². The highest BCUT2D eigenvalue weighted by molar-refractivity contribution is 5.93. The lowest BCUT2D eigenvalue weighted by molar-refractivity contribution is -0.0679. The predicted octanol–water partition coefficient (Wildman–Crippen LogP) is 1.52. The van der Waals surface area contributed by atoms with Gasteiger partial charge >= 0.3 is 0 Å². The Bertz CT molecular complexity index is 396. The highest BCUT2D eigenvalue weighted by Gasteiger charge is 2.37. The fourth-order valence-corrected chi connectivity index (χ4v) is 1.88. The maximum Gasteiger partial charge on any atom is 0.252 e. The molecule has 17 heavy (non-hydrogen) atoms. The number of rotatable bonds is 4. The molecule has 1 aromatic heterocycles. The van der Waals surface area contributed by atoms with Gasteiger partial charge in [0, 0.05) is 19.9 Å². The van der Waals surface area contributed by atoms with Crippen LogP contribution in [0.5, 0.6) is 0 Å². The van der Waals surface area contributed by atoms with Gasteiger partial charge in [0.1, 0.15) is 0 Å². The van der Waals surface area contributed by atoms with Crippen molar-refractivity contribution in [2.24, 2.45) is 0 Å². The summed E-state index contributed by atoms with van der Waals surface area (Å²) in [4.78, 5) is 15.2. The van der Waals surface area contributed by atoms with E-state index in [-0.39, 0.29) is 11.5 Å². The molecule has 0 aliphatic heterocycles. The van der Waals surface area contributed by atoms with Gasteiger partial charge in [0.05, 0.1) is 11.2 Å². The summed E-state index contributed by atoms with van der Waals surface area (Å²) in [5.41, 5.74) is 0.153. The van der Waals surface area contributed by atoms with Crippen LogP contribution >= 0.6 is 0 Å². The number of carbonyl (C=O) groups excluding carboxylic acids is 1. The standard InChI is InChI=1S/C12H15FN2O2/c1-17-12(5-2-6-12)8-15-11(16)9-3-4-10(13)14-7-9/h3-4,7H,2,5-6,8H2,1H3,(H,15,16). The maximum absolute atomic E-state index is 12.6. The minimum Gasteiger partial charge on any atom is -0.376 e. The van der Waals surface area contributed by atoms with Gasteiger partial charge in [0.15, 0.2) is 0 Å². The number of amides is 1. The SMILES string of the molecule is COC1(CNC(=O)c2ccc(F)nc2)CCC1. The van der Waals surface area contributed by atoms with E-state index < -0.39 is 5.95 Å². The molecule has 1 aromatic rings. The number of carbonyl (C=O) groups is 1. The van der Waals surface area contributed by atoms with Crippen LogP contribution < -0.4 is 5.32 Å². The van der Waals surface area contributed by atoms with Crippen LogP contribution in [0.3, 0.4) is 0 Å². The molecule has 0 radical (unpaired) electrons. The van der Waals surface area contributed by atoms with Gasteiger partial charge in [-0.3, -0.25) is 4.79 Å². The summed E-state index contributed by atoms with van der Waals surface area (Å²) in [5, 5.41) is 2.79. The first kappa shape index (κ1) is 12.0. The molecule has 0 bridgehead atoms. The van der Waals surface area contributed by atoms with E-state index in [0.717, 1.165) is 19.3 Å². The summed E-state index contributed by atoms with van der Waals surface area (Å²) in [6.45, 7) is 0.486. The van der Waals surface area contributed by atoms with Crippen molar-refractivity contribution in [3.63, 3.8) is 0 Å². The lowest BCUT2D eigenvalue weighted by Crippen LogP contribution is -2.49. The van der Waals surface area contributed by atoms with Crippen molar-refractivity contribution < 1.29 is 13.9 Å². The Hall–Kier alpha value is -1.49. The van der Waals surface area contributed by atoms with Crippen LogP contribution in [0.25, 0.3) is 0 Å². The van der Waals surface area contributed by atoms with Crippen molar-refractivity contribution in [3.05, 3.63) is 29.8 Å². The second-order valence-corrected chi connectivity index (χ2v) is 4.29. The molecule has 0 aromatic carbocycles. The first-order chi connectivity index (χ1) is 8.15. The summed E-state index contributed by atoms with van der Waals surface area (Å²) in [7, 11) is 1.66. The molecule has 0 spiro atoms. The van der Waals surface area contributed by atoms with Crippen LogP contribution in [0.2, 0.25) is 0 Å². The van der Waals surface area contributed by atoms with E-state index >= 15 is 0 Å². The zero-order chi connectivity index (χ0) is 12.3. The van der Waals surface area contributed by atoms with Crippen molar-refractivity contribution in [1.29, 1.82) is 0 Å². The number of pyridine rings is 1. The van der Waals surface area contributed by atoms with Gasteiger partial charge in [-0.05, 0) is 31.4 Å². The maximum atomic E-state index is 12.6. The number of methoxy groups -OCH3 is 1. The van der Waals surface area contributed by atoms with Gasteiger partial charge in [0.2, 0.25) is 5.95 Å². The smallest absolute Gasteiger partial charge is 0.252 e. The minimum absolute atomic E-state index is 0.205. The number of hydrogen-bond acceptors (Lipinski definition) is 3. The fraction of sp³-hybridized carbons (Fsp3) is 0.500. The van der Waals surface area contributed by atoms with E-state index in [1.54, 1.807) is 7.11 Å². The largest absolute Gasteiger partial charge is 0.376 e. The Morgan fingerprint density at radius 2 is 2.35 bits per heavy atom. The topological polar surface area (TPSA) is 51.2 Å². The lowest BCUT2D eigenvalue weighted by Gasteiger charge is -2.40. The number of ether oxygens (including phenoxy) is 1. The second-order valence-electron chi connectivity index (χ2n) is 4.29. The number of nitrogens with one attached hydrogen (secondary N) is 1. The van der Waals surface area contributed by atoms with Gasteiger partial charge in [-0.1, -0.05) is 0 Å². The molecule has 92 valence electrons. The van der Waals surface area contributed by atoms with Crippen LogP contribution in [-0.4, -0.2) is 30.1 Å². The third-order valence-electron chi connectivity index (χ3n) is 3.26. The average molecular weight is 238 g/mol. The van der Waals surface area contributed by atoms with Gasteiger partial charge < -0.3 is 10.1 Å². The third kappa shape index (κ3) is 2.61. The van der Waals surface area contributed by atoms with Gasteiger partial charge in [0.25, 0.3) is 5.91 Å². The highest BCUT2D eigenvalue weighted by atomic mass is 19.1. The van der Waals surface area contributed by atoms with E-state index in [4.69, 9.17) is 4.74 Å². The zero-order valence-electron chi connectivity index (χ0n) is 9.70. The van der Waals surface area contributed by atoms with Crippen molar-refractivity contribution in [3.8, 4) is 0 Å². The van der Waals surface area contributed by atoms with E-state index in [2.05, 4.69) is 10.3 Å². The molecule has 1 N–H and O–H groups in total. The molecule has 2 rings (SSSR count). The summed E-state index contributed by atoms with van der Waals surface area (Å²) in [6.07, 6.45) is 4.28. The zero-order valence-corrected chi connectivity index (χ0v) is 9.70. The molecule has 0 atom stereocenters. The van der Waals surface area contributed by atoms with Crippen LogP contribution in [0.15, 0.2) is 18.3 Å². The molecule has 1 aliphatic carbocycles. The second kappa shape index (κ2) is 4.79.